The molecule has 1 aromatic rings. The number of carbonyl (C=O) groups excluding carboxylic acids is 2. The van der Waals surface area contributed by atoms with E-state index in [0.717, 1.165) is 31.4 Å². The van der Waals surface area contributed by atoms with Crippen LogP contribution in [-0.4, -0.2) is 24.5 Å². The third-order valence-electron chi connectivity index (χ3n) is 5.63. The fourth-order valence-electron chi connectivity index (χ4n) is 3.64. The number of benzene rings is 1. The van der Waals surface area contributed by atoms with Crippen molar-refractivity contribution in [3.63, 3.8) is 0 Å². The van der Waals surface area contributed by atoms with Crippen LogP contribution in [0.15, 0.2) is 18.2 Å². The molecule has 0 saturated carbocycles. The number of hydrogen-bond acceptors (Lipinski definition) is 3. The van der Waals surface area contributed by atoms with Gasteiger partial charge in [-0.25, -0.2) is 13.6 Å². The first-order chi connectivity index (χ1) is 15.5. The van der Waals surface area contributed by atoms with Crippen molar-refractivity contribution in [3.8, 4) is 0 Å². The van der Waals surface area contributed by atoms with E-state index in [-0.39, 0.29) is 6.61 Å². The number of rotatable bonds is 18. The van der Waals surface area contributed by atoms with Crippen LogP contribution in [0, 0.1) is 11.6 Å². The van der Waals surface area contributed by atoms with Crippen molar-refractivity contribution < 1.29 is 23.1 Å². The highest BCUT2D eigenvalue weighted by Crippen LogP contribution is 2.14. The quantitative estimate of drug-likeness (QED) is 0.190. The largest absolute Gasteiger partial charge is 0.464 e. The molecule has 1 aromatic carbocycles. The van der Waals surface area contributed by atoms with Gasteiger partial charge in [-0.05, 0) is 25.5 Å². The number of halogens is 2. The Morgan fingerprint density at radius 1 is 0.812 bits per heavy atom. The SMILES string of the molecule is CCCCCCCCCCCCCCCCOC(=O)[C@H](C)NC(=O)c1c(F)cccc1F. The summed E-state index contributed by atoms with van der Waals surface area (Å²) in [5.41, 5.74) is -0.695. The standard InChI is InChI=1S/C26H41F2NO3/c1-3-4-5-6-7-8-9-10-11-12-13-14-15-16-20-32-26(31)21(2)29-25(30)24-22(27)18-17-19-23(24)28/h17-19,21H,3-16,20H2,1-2H3,(H,29,30)/t21-/m0/s1. The summed E-state index contributed by atoms with van der Waals surface area (Å²) < 4.78 is 32.4. The van der Waals surface area contributed by atoms with Gasteiger partial charge < -0.3 is 10.1 Å². The van der Waals surface area contributed by atoms with Crippen LogP contribution in [0.2, 0.25) is 0 Å². The van der Waals surface area contributed by atoms with Gasteiger partial charge in [0.25, 0.3) is 5.91 Å². The van der Waals surface area contributed by atoms with Crippen LogP contribution in [0.1, 0.15) is 114 Å². The summed E-state index contributed by atoms with van der Waals surface area (Å²) >= 11 is 0. The Morgan fingerprint density at radius 3 is 1.72 bits per heavy atom. The number of nitrogens with one attached hydrogen (secondary N) is 1. The van der Waals surface area contributed by atoms with Crippen LogP contribution in [-0.2, 0) is 9.53 Å². The number of unbranched alkanes of at least 4 members (excludes halogenated alkanes) is 13. The molecule has 0 aliphatic heterocycles. The van der Waals surface area contributed by atoms with Crippen LogP contribution in [0.4, 0.5) is 8.78 Å². The first-order valence-corrected chi connectivity index (χ1v) is 12.4. The highest BCUT2D eigenvalue weighted by atomic mass is 19.1. The molecular formula is C26H41F2NO3. The van der Waals surface area contributed by atoms with E-state index in [2.05, 4.69) is 12.2 Å². The van der Waals surface area contributed by atoms with E-state index in [1.165, 1.54) is 83.6 Å². The number of ether oxygens (including phenoxy) is 1. The minimum Gasteiger partial charge on any atom is -0.464 e. The van der Waals surface area contributed by atoms with Gasteiger partial charge in [-0.15, -0.1) is 0 Å². The van der Waals surface area contributed by atoms with Crippen LogP contribution < -0.4 is 5.32 Å². The highest BCUT2D eigenvalue weighted by molar-refractivity contribution is 5.97. The van der Waals surface area contributed by atoms with Gasteiger partial charge in [0.2, 0.25) is 0 Å². The summed E-state index contributed by atoms with van der Waals surface area (Å²) in [5.74, 6) is -3.51. The number of hydrogen-bond donors (Lipinski definition) is 1. The topological polar surface area (TPSA) is 55.4 Å². The average Bonchev–Trinajstić information content (AvgIpc) is 2.76. The van der Waals surface area contributed by atoms with E-state index in [9.17, 15) is 18.4 Å². The lowest BCUT2D eigenvalue weighted by Crippen LogP contribution is -2.40. The van der Waals surface area contributed by atoms with Crippen molar-refractivity contribution in [2.24, 2.45) is 0 Å². The summed E-state index contributed by atoms with van der Waals surface area (Å²) in [5, 5.41) is 2.29. The molecular weight excluding hydrogens is 412 g/mol. The zero-order chi connectivity index (χ0) is 23.6. The third-order valence-corrected chi connectivity index (χ3v) is 5.63. The van der Waals surface area contributed by atoms with Gasteiger partial charge in [-0.3, -0.25) is 4.79 Å². The minimum absolute atomic E-state index is 0.283. The van der Waals surface area contributed by atoms with Crippen LogP contribution in [0.5, 0.6) is 0 Å². The molecule has 182 valence electrons. The van der Waals surface area contributed by atoms with E-state index < -0.39 is 35.1 Å². The summed E-state index contributed by atoms with van der Waals surface area (Å²) in [6.07, 6.45) is 17.5. The van der Waals surface area contributed by atoms with Crippen LogP contribution in [0.25, 0.3) is 0 Å². The summed E-state index contributed by atoms with van der Waals surface area (Å²) in [4.78, 5) is 24.0. The molecule has 4 nitrogen and oxygen atoms in total. The minimum atomic E-state index is -0.979. The van der Waals surface area contributed by atoms with Gasteiger partial charge in [-0.2, -0.15) is 0 Å². The average molecular weight is 454 g/mol. The van der Waals surface area contributed by atoms with Crippen LogP contribution in [0.3, 0.4) is 0 Å². The fraction of sp³-hybridized carbons (Fsp3) is 0.692. The van der Waals surface area contributed by atoms with Crippen molar-refractivity contribution in [1.82, 2.24) is 5.32 Å². The number of amides is 1. The maximum Gasteiger partial charge on any atom is 0.328 e. The zero-order valence-electron chi connectivity index (χ0n) is 19.9. The molecule has 1 atom stereocenters. The molecule has 0 aliphatic carbocycles. The van der Waals surface area contributed by atoms with Gasteiger partial charge in [0.1, 0.15) is 23.2 Å². The lowest BCUT2D eigenvalue weighted by atomic mass is 10.0. The van der Waals surface area contributed by atoms with Crippen molar-refractivity contribution in [3.05, 3.63) is 35.4 Å². The molecule has 32 heavy (non-hydrogen) atoms. The van der Waals surface area contributed by atoms with Gasteiger partial charge >= 0.3 is 5.97 Å². The van der Waals surface area contributed by atoms with Gasteiger partial charge in [0.15, 0.2) is 0 Å². The maximum absolute atomic E-state index is 13.6. The van der Waals surface area contributed by atoms with Gasteiger partial charge in [-0.1, -0.05) is 96.5 Å². The normalized spacial score (nSPS) is 11.9. The monoisotopic (exact) mass is 453 g/mol. The first kappa shape index (κ1) is 28.1. The smallest absolute Gasteiger partial charge is 0.328 e. The predicted molar refractivity (Wildman–Crippen MR) is 125 cm³/mol. The third kappa shape index (κ3) is 12.2. The van der Waals surface area contributed by atoms with E-state index in [4.69, 9.17) is 4.74 Å². The molecule has 1 N–H and O–H groups in total. The lowest BCUT2D eigenvalue weighted by Gasteiger charge is -2.14. The summed E-state index contributed by atoms with van der Waals surface area (Å²) in [7, 11) is 0. The van der Waals surface area contributed by atoms with Gasteiger partial charge in [0.05, 0.1) is 6.61 Å². The fourth-order valence-corrected chi connectivity index (χ4v) is 3.64. The number of esters is 1. The van der Waals surface area contributed by atoms with Crippen LogP contribution >= 0.6 is 0 Å². The lowest BCUT2D eigenvalue weighted by molar-refractivity contribution is -0.145. The molecule has 0 spiro atoms. The Labute approximate surface area is 192 Å². The Kier molecular flexibility index (Phi) is 15.4. The molecule has 0 unspecified atom stereocenters. The van der Waals surface area contributed by atoms with E-state index in [1.54, 1.807) is 0 Å². The molecule has 0 aliphatic rings. The molecule has 0 radical (unpaired) electrons. The maximum atomic E-state index is 13.6. The highest BCUT2D eigenvalue weighted by Gasteiger charge is 2.22. The molecule has 0 heterocycles. The number of carbonyl (C=O) groups is 2. The van der Waals surface area contributed by atoms with Crippen molar-refractivity contribution in [1.29, 1.82) is 0 Å². The second-order valence-corrected chi connectivity index (χ2v) is 8.56. The summed E-state index contributed by atoms with van der Waals surface area (Å²) in [6, 6.07) is 2.19. The summed E-state index contributed by atoms with van der Waals surface area (Å²) in [6.45, 7) is 3.96. The predicted octanol–water partition coefficient (Wildman–Crippen LogP) is 7.11. The van der Waals surface area contributed by atoms with Gasteiger partial charge in [0, 0.05) is 0 Å². The molecule has 1 rings (SSSR count). The van der Waals surface area contributed by atoms with E-state index >= 15 is 0 Å². The van der Waals surface area contributed by atoms with Crippen molar-refractivity contribution in [2.45, 2.75) is 110 Å². The molecule has 0 bridgehead atoms. The first-order valence-electron chi connectivity index (χ1n) is 12.4. The second-order valence-electron chi connectivity index (χ2n) is 8.56. The Bertz CT molecular complexity index is 646. The van der Waals surface area contributed by atoms with E-state index in [1.807, 2.05) is 0 Å². The molecule has 0 fully saturated rings. The Hall–Kier alpha value is -1.98. The Balaban J connectivity index is 2.00. The molecule has 0 aromatic heterocycles. The zero-order valence-corrected chi connectivity index (χ0v) is 19.9. The molecule has 1 amide bonds. The van der Waals surface area contributed by atoms with E-state index in [0.29, 0.717) is 0 Å². The van der Waals surface area contributed by atoms with Crippen molar-refractivity contribution in [2.75, 3.05) is 6.61 Å². The van der Waals surface area contributed by atoms with Crippen molar-refractivity contribution >= 4 is 11.9 Å². The second kappa shape index (κ2) is 17.6. The molecule has 0 saturated heterocycles. The molecule has 6 heteroatoms. The Morgan fingerprint density at radius 2 is 1.25 bits per heavy atom.